The Morgan fingerprint density at radius 3 is 1.19 bits per heavy atom. The first-order chi connectivity index (χ1) is 30.0. The summed E-state index contributed by atoms with van der Waals surface area (Å²) in [6.45, 7) is 4.45. The second-order valence-corrected chi connectivity index (χ2v) is 20.4. The number of carbonyl (C=O) groups is 2. The fourth-order valence-electron chi connectivity index (χ4n) is 7.36. The highest BCUT2D eigenvalue weighted by Crippen LogP contribution is 2.43. The molecular weight excluding hydrogens is 798 g/mol. The number of phosphoric ester groups is 1. The summed E-state index contributed by atoms with van der Waals surface area (Å²) in [5, 5.41) is 0. The van der Waals surface area contributed by atoms with Crippen molar-refractivity contribution in [2.24, 2.45) is 0 Å². The van der Waals surface area contributed by atoms with Crippen molar-refractivity contribution in [2.75, 3.05) is 47.5 Å². The fraction of sp³-hybridized carbons (Fsp3) is 0.885. The molecule has 366 valence electrons. The number of hydrogen-bond acceptors (Lipinski definition) is 7. The molecule has 0 aromatic rings. The minimum Gasteiger partial charge on any atom is -0.462 e. The number of rotatable bonds is 48. The summed E-state index contributed by atoms with van der Waals surface area (Å²) in [6, 6.07) is 0. The van der Waals surface area contributed by atoms with Gasteiger partial charge in [0.05, 0.1) is 27.7 Å². The summed E-state index contributed by atoms with van der Waals surface area (Å²) >= 11 is 0. The largest absolute Gasteiger partial charge is 0.472 e. The van der Waals surface area contributed by atoms with E-state index in [1.807, 2.05) is 21.1 Å². The minimum absolute atomic E-state index is 0.0327. The van der Waals surface area contributed by atoms with Gasteiger partial charge in [0.25, 0.3) is 0 Å². The van der Waals surface area contributed by atoms with Crippen LogP contribution < -0.4 is 0 Å². The molecule has 0 aliphatic carbocycles. The fourth-order valence-corrected chi connectivity index (χ4v) is 8.10. The molecule has 0 aromatic carbocycles. The van der Waals surface area contributed by atoms with Crippen LogP contribution in [0.3, 0.4) is 0 Å². The Kier molecular flexibility index (Phi) is 43.6. The Bertz CT molecular complexity index is 1110. The maximum Gasteiger partial charge on any atom is 0.472 e. The molecule has 10 heteroatoms. The summed E-state index contributed by atoms with van der Waals surface area (Å²) in [4.78, 5) is 35.6. The highest BCUT2D eigenvalue weighted by atomic mass is 31.2. The van der Waals surface area contributed by atoms with E-state index in [1.165, 1.54) is 173 Å². The standard InChI is InChI=1S/C52H100NO8P/c1-6-8-10-12-14-16-18-20-22-24-26-28-30-32-34-36-38-40-42-44-51(54)58-48-50(49-60-62(56,57)59-47-46-53(3,4)5)61-52(55)45-43-41-39-37-35-33-31-29-27-25-23-21-19-17-15-13-11-9-7-2/h20-23,50H,6-19,24-49H2,1-5H3/p+1/t50-/m1/s1. The Hall–Kier alpha value is -1.51. The van der Waals surface area contributed by atoms with E-state index in [2.05, 4.69) is 38.2 Å². The summed E-state index contributed by atoms with van der Waals surface area (Å²) < 4.78 is 34.5. The number of allylic oxidation sites excluding steroid dienone is 4. The quantitative estimate of drug-likeness (QED) is 0.0211. The number of phosphoric acid groups is 1. The Morgan fingerprint density at radius 2 is 0.823 bits per heavy atom. The molecule has 0 aliphatic heterocycles. The molecule has 0 bridgehead atoms. The number of unbranched alkanes of at least 4 members (excludes halogenated alkanes) is 30. The number of ether oxygens (including phenoxy) is 2. The third kappa shape index (κ3) is 48.0. The topological polar surface area (TPSA) is 108 Å². The second kappa shape index (κ2) is 44.7. The minimum atomic E-state index is -4.38. The molecular formula is C52H101NO8P+. The molecule has 0 spiro atoms. The molecule has 0 saturated heterocycles. The smallest absolute Gasteiger partial charge is 0.462 e. The second-order valence-electron chi connectivity index (χ2n) is 18.9. The third-order valence-corrected chi connectivity index (χ3v) is 12.4. The first-order valence-corrected chi connectivity index (χ1v) is 27.6. The van der Waals surface area contributed by atoms with Crippen LogP contribution in [-0.2, 0) is 32.7 Å². The number of likely N-dealkylation sites (N-methyl/N-ethyl adjacent to an activating group) is 1. The van der Waals surface area contributed by atoms with Crippen LogP contribution in [0.25, 0.3) is 0 Å². The number of quaternary nitrogens is 1. The van der Waals surface area contributed by atoms with E-state index >= 15 is 0 Å². The zero-order valence-electron chi connectivity index (χ0n) is 41.4. The average molecular weight is 899 g/mol. The van der Waals surface area contributed by atoms with Crippen LogP contribution in [0.4, 0.5) is 0 Å². The summed E-state index contributed by atoms with van der Waals surface area (Å²) in [5.74, 6) is -0.792. The molecule has 0 rings (SSSR count). The van der Waals surface area contributed by atoms with Crippen molar-refractivity contribution in [3.8, 4) is 0 Å². The van der Waals surface area contributed by atoms with Gasteiger partial charge in [0, 0.05) is 12.8 Å². The van der Waals surface area contributed by atoms with Crippen molar-refractivity contribution in [1.29, 1.82) is 0 Å². The Balaban J connectivity index is 4.23. The van der Waals surface area contributed by atoms with Gasteiger partial charge in [-0.1, -0.05) is 192 Å². The lowest BCUT2D eigenvalue weighted by Crippen LogP contribution is -2.37. The molecule has 9 nitrogen and oxygen atoms in total. The van der Waals surface area contributed by atoms with Gasteiger partial charge < -0.3 is 18.9 Å². The molecule has 0 radical (unpaired) electrons. The third-order valence-electron chi connectivity index (χ3n) is 11.5. The molecule has 1 N–H and O–H groups in total. The number of esters is 2. The van der Waals surface area contributed by atoms with Gasteiger partial charge in [0.2, 0.25) is 0 Å². The highest BCUT2D eigenvalue weighted by molar-refractivity contribution is 7.47. The molecule has 2 atom stereocenters. The lowest BCUT2D eigenvalue weighted by molar-refractivity contribution is -0.870. The van der Waals surface area contributed by atoms with Crippen LogP contribution in [0.2, 0.25) is 0 Å². The van der Waals surface area contributed by atoms with Gasteiger partial charge in [-0.3, -0.25) is 18.6 Å². The lowest BCUT2D eigenvalue weighted by atomic mass is 10.1. The van der Waals surface area contributed by atoms with Crippen molar-refractivity contribution in [2.45, 2.75) is 251 Å². The molecule has 62 heavy (non-hydrogen) atoms. The number of carbonyl (C=O) groups excluding carboxylic acids is 2. The molecule has 0 aliphatic rings. The van der Waals surface area contributed by atoms with E-state index in [4.69, 9.17) is 18.5 Å². The maximum atomic E-state index is 12.8. The van der Waals surface area contributed by atoms with Gasteiger partial charge in [-0.25, -0.2) is 4.57 Å². The maximum absolute atomic E-state index is 12.8. The zero-order valence-corrected chi connectivity index (χ0v) is 42.3. The van der Waals surface area contributed by atoms with Crippen molar-refractivity contribution >= 4 is 19.8 Å². The molecule has 1 unspecified atom stereocenters. The Labute approximate surface area is 383 Å². The van der Waals surface area contributed by atoms with Gasteiger partial charge in [-0.05, 0) is 64.2 Å². The first-order valence-electron chi connectivity index (χ1n) is 26.1. The van der Waals surface area contributed by atoms with Crippen molar-refractivity contribution in [3.05, 3.63) is 24.3 Å². The van der Waals surface area contributed by atoms with Crippen LogP contribution in [0.5, 0.6) is 0 Å². The van der Waals surface area contributed by atoms with Crippen molar-refractivity contribution in [3.63, 3.8) is 0 Å². The first kappa shape index (κ1) is 60.5. The van der Waals surface area contributed by atoms with Crippen LogP contribution in [0.15, 0.2) is 24.3 Å². The number of nitrogens with zero attached hydrogens (tertiary/aromatic N) is 1. The SMILES string of the molecule is CCCCCCCCC=CCCCCCCCCCCCC(=O)OC[C@H](COP(=O)(O)OCC[N+](C)(C)C)OC(=O)CCCCCCCCCCCC=CCCCCCCCC. The molecule has 0 heterocycles. The predicted molar refractivity (Wildman–Crippen MR) is 261 cm³/mol. The van der Waals surface area contributed by atoms with Gasteiger partial charge in [0.1, 0.15) is 19.8 Å². The van der Waals surface area contributed by atoms with Gasteiger partial charge in [-0.2, -0.15) is 0 Å². The lowest BCUT2D eigenvalue weighted by Gasteiger charge is -2.24. The monoisotopic (exact) mass is 899 g/mol. The van der Waals surface area contributed by atoms with Crippen LogP contribution >= 0.6 is 7.82 Å². The van der Waals surface area contributed by atoms with E-state index in [0.717, 1.165) is 38.5 Å². The van der Waals surface area contributed by atoms with Crippen LogP contribution in [0, 0.1) is 0 Å². The normalized spacial score (nSPS) is 13.6. The van der Waals surface area contributed by atoms with Crippen molar-refractivity contribution < 1.29 is 42.1 Å². The highest BCUT2D eigenvalue weighted by Gasteiger charge is 2.27. The summed E-state index contributed by atoms with van der Waals surface area (Å²) in [5.41, 5.74) is 0. The summed E-state index contributed by atoms with van der Waals surface area (Å²) in [6.07, 6.45) is 50.8. The van der Waals surface area contributed by atoms with Gasteiger partial charge in [-0.15, -0.1) is 0 Å². The van der Waals surface area contributed by atoms with E-state index in [9.17, 15) is 19.0 Å². The molecule has 0 saturated carbocycles. The van der Waals surface area contributed by atoms with Crippen molar-refractivity contribution in [1.82, 2.24) is 0 Å². The predicted octanol–water partition coefficient (Wildman–Crippen LogP) is 15.5. The van der Waals surface area contributed by atoms with E-state index in [0.29, 0.717) is 17.4 Å². The van der Waals surface area contributed by atoms with E-state index in [-0.39, 0.29) is 32.0 Å². The van der Waals surface area contributed by atoms with Crippen LogP contribution in [-0.4, -0.2) is 74.9 Å². The Morgan fingerprint density at radius 1 is 0.484 bits per heavy atom. The van der Waals surface area contributed by atoms with E-state index in [1.54, 1.807) is 0 Å². The van der Waals surface area contributed by atoms with E-state index < -0.39 is 26.5 Å². The summed E-state index contributed by atoms with van der Waals surface area (Å²) in [7, 11) is 1.48. The molecule has 0 amide bonds. The van der Waals surface area contributed by atoms with Gasteiger partial charge >= 0.3 is 19.8 Å². The van der Waals surface area contributed by atoms with Crippen LogP contribution in [0.1, 0.15) is 245 Å². The zero-order chi connectivity index (χ0) is 45.7. The molecule has 0 fully saturated rings. The molecule has 0 aromatic heterocycles. The van der Waals surface area contributed by atoms with Gasteiger partial charge in [0.15, 0.2) is 6.10 Å². The average Bonchev–Trinajstić information content (AvgIpc) is 3.23. The number of hydrogen-bond donors (Lipinski definition) is 1.